The van der Waals surface area contributed by atoms with E-state index in [4.69, 9.17) is 9.47 Å². The highest BCUT2D eigenvalue weighted by atomic mass is 16.5. The fourth-order valence-electron chi connectivity index (χ4n) is 4.95. The van der Waals surface area contributed by atoms with Crippen LogP contribution in [-0.2, 0) is 22.7 Å². The molecule has 0 aliphatic carbocycles. The number of methoxy groups -OCH3 is 2. The second-order valence-electron chi connectivity index (χ2n) is 9.24. The van der Waals surface area contributed by atoms with Gasteiger partial charge in [0.25, 0.3) is 0 Å². The molecule has 2 aromatic rings. The number of carbonyl (C=O) groups excluding carboxylic acids is 2. The summed E-state index contributed by atoms with van der Waals surface area (Å²) in [5.74, 6) is 0.620. The van der Waals surface area contributed by atoms with E-state index in [1.807, 2.05) is 6.07 Å². The zero-order chi connectivity index (χ0) is 24.1. The Bertz CT molecular complexity index is 1020. The molecular weight excluding hydrogens is 430 g/mol. The molecule has 7 heteroatoms. The van der Waals surface area contributed by atoms with Crippen LogP contribution in [0.25, 0.3) is 0 Å². The first-order valence-corrected chi connectivity index (χ1v) is 12.1. The molecule has 34 heavy (non-hydrogen) atoms. The third-order valence-electron chi connectivity index (χ3n) is 7.06. The standard InChI is InChI=1S/C27H35N3O4/c1-19-8-6-7-13-29(19)17-21-10-5-4-9-20(21)16-28-27(32)22-14-26(31)30(18-22)24-15-23(33-2)11-12-25(24)34-3/h4-5,9-12,15,19,22H,6-8,13-14,16-18H2,1-3H3,(H,28,32). The first-order valence-electron chi connectivity index (χ1n) is 12.1. The van der Waals surface area contributed by atoms with Gasteiger partial charge in [-0.15, -0.1) is 0 Å². The van der Waals surface area contributed by atoms with Gasteiger partial charge in [-0.05, 0) is 49.6 Å². The minimum Gasteiger partial charge on any atom is -0.497 e. The molecule has 182 valence electrons. The molecule has 0 bridgehead atoms. The molecule has 2 unspecified atom stereocenters. The van der Waals surface area contributed by atoms with Gasteiger partial charge in [-0.25, -0.2) is 0 Å². The zero-order valence-electron chi connectivity index (χ0n) is 20.4. The Kier molecular flexibility index (Phi) is 7.73. The van der Waals surface area contributed by atoms with E-state index in [1.165, 1.54) is 24.8 Å². The summed E-state index contributed by atoms with van der Waals surface area (Å²) in [6, 6.07) is 14.2. The molecule has 2 amide bonds. The van der Waals surface area contributed by atoms with Gasteiger partial charge in [0.1, 0.15) is 11.5 Å². The summed E-state index contributed by atoms with van der Waals surface area (Å²) in [5, 5.41) is 3.08. The molecule has 4 rings (SSSR count). The highest BCUT2D eigenvalue weighted by Gasteiger charge is 2.36. The Morgan fingerprint density at radius 2 is 1.88 bits per heavy atom. The van der Waals surface area contributed by atoms with Gasteiger partial charge in [0, 0.05) is 38.2 Å². The number of hydrogen-bond donors (Lipinski definition) is 1. The monoisotopic (exact) mass is 465 g/mol. The Morgan fingerprint density at radius 3 is 2.62 bits per heavy atom. The van der Waals surface area contributed by atoms with Gasteiger partial charge >= 0.3 is 0 Å². The molecule has 1 N–H and O–H groups in total. The van der Waals surface area contributed by atoms with Crippen LogP contribution in [0.15, 0.2) is 42.5 Å². The quantitative estimate of drug-likeness (QED) is 0.643. The number of anilines is 1. The molecule has 0 aromatic heterocycles. The Balaban J connectivity index is 1.40. The summed E-state index contributed by atoms with van der Waals surface area (Å²) in [4.78, 5) is 29.9. The molecule has 0 radical (unpaired) electrons. The van der Waals surface area contributed by atoms with E-state index in [0.717, 1.165) is 18.7 Å². The maximum atomic E-state index is 13.0. The van der Waals surface area contributed by atoms with Crippen LogP contribution >= 0.6 is 0 Å². The zero-order valence-corrected chi connectivity index (χ0v) is 20.4. The molecule has 0 saturated carbocycles. The van der Waals surface area contributed by atoms with Crippen LogP contribution in [0.4, 0.5) is 5.69 Å². The highest BCUT2D eigenvalue weighted by Crippen LogP contribution is 2.36. The van der Waals surface area contributed by atoms with Crippen molar-refractivity contribution in [2.75, 3.05) is 32.2 Å². The molecule has 2 aromatic carbocycles. The summed E-state index contributed by atoms with van der Waals surface area (Å²) >= 11 is 0. The number of ether oxygens (including phenoxy) is 2. The largest absolute Gasteiger partial charge is 0.497 e. The number of rotatable bonds is 8. The van der Waals surface area contributed by atoms with Crippen molar-refractivity contribution in [2.24, 2.45) is 5.92 Å². The Labute approximate surface area is 202 Å². The Hall–Kier alpha value is -3.06. The van der Waals surface area contributed by atoms with Crippen LogP contribution in [0.1, 0.15) is 43.7 Å². The number of hydrogen-bond acceptors (Lipinski definition) is 5. The van der Waals surface area contributed by atoms with Crippen LogP contribution in [0.2, 0.25) is 0 Å². The van der Waals surface area contributed by atoms with Gasteiger partial charge in [0.15, 0.2) is 0 Å². The lowest BCUT2D eigenvalue weighted by atomic mass is 10.0. The fourth-order valence-corrected chi connectivity index (χ4v) is 4.95. The van der Waals surface area contributed by atoms with Crippen molar-refractivity contribution in [1.82, 2.24) is 10.2 Å². The molecule has 2 saturated heterocycles. The molecular formula is C27H35N3O4. The summed E-state index contributed by atoms with van der Waals surface area (Å²) in [6.07, 6.45) is 3.96. The van der Waals surface area contributed by atoms with Crippen LogP contribution in [-0.4, -0.2) is 50.1 Å². The predicted octanol–water partition coefficient (Wildman–Crippen LogP) is 3.75. The number of amides is 2. The summed E-state index contributed by atoms with van der Waals surface area (Å²) in [6.45, 7) is 5.10. The third-order valence-corrected chi connectivity index (χ3v) is 7.06. The SMILES string of the molecule is COc1ccc(OC)c(N2CC(C(=O)NCc3ccccc3CN3CCCCC3C)CC2=O)c1. The van der Waals surface area contributed by atoms with Gasteiger partial charge in [0.2, 0.25) is 11.8 Å². The summed E-state index contributed by atoms with van der Waals surface area (Å²) in [5.41, 5.74) is 3.01. The van der Waals surface area contributed by atoms with E-state index in [-0.39, 0.29) is 18.2 Å². The number of nitrogens with one attached hydrogen (secondary N) is 1. The number of likely N-dealkylation sites (tertiary alicyclic amines) is 1. The minimum atomic E-state index is -0.405. The van der Waals surface area contributed by atoms with Crippen molar-refractivity contribution in [3.8, 4) is 11.5 Å². The molecule has 0 spiro atoms. The first kappa shape index (κ1) is 24.1. The number of piperidine rings is 1. The van der Waals surface area contributed by atoms with E-state index >= 15 is 0 Å². The van der Waals surface area contributed by atoms with Crippen LogP contribution in [0.5, 0.6) is 11.5 Å². The molecule has 2 heterocycles. The second-order valence-corrected chi connectivity index (χ2v) is 9.24. The average molecular weight is 466 g/mol. The van der Waals surface area contributed by atoms with Gasteiger partial charge in [-0.3, -0.25) is 14.5 Å². The molecule has 2 atom stereocenters. The van der Waals surface area contributed by atoms with Crippen molar-refractivity contribution in [1.29, 1.82) is 0 Å². The first-order chi connectivity index (χ1) is 16.5. The molecule has 2 aliphatic rings. The molecule has 2 fully saturated rings. The van der Waals surface area contributed by atoms with Crippen LogP contribution < -0.4 is 19.7 Å². The van der Waals surface area contributed by atoms with Gasteiger partial charge in [-0.2, -0.15) is 0 Å². The minimum absolute atomic E-state index is 0.0915. The van der Waals surface area contributed by atoms with E-state index in [1.54, 1.807) is 37.3 Å². The van der Waals surface area contributed by atoms with Crippen molar-refractivity contribution in [2.45, 2.75) is 51.7 Å². The lowest BCUT2D eigenvalue weighted by Gasteiger charge is -2.33. The van der Waals surface area contributed by atoms with Crippen molar-refractivity contribution in [3.05, 3.63) is 53.6 Å². The van der Waals surface area contributed by atoms with E-state index in [9.17, 15) is 9.59 Å². The van der Waals surface area contributed by atoms with Gasteiger partial charge < -0.3 is 19.7 Å². The lowest BCUT2D eigenvalue weighted by molar-refractivity contribution is -0.126. The maximum absolute atomic E-state index is 13.0. The van der Waals surface area contributed by atoms with Crippen LogP contribution in [0.3, 0.4) is 0 Å². The molecule has 2 aliphatic heterocycles. The van der Waals surface area contributed by atoms with Crippen molar-refractivity contribution in [3.63, 3.8) is 0 Å². The number of nitrogens with zero attached hydrogens (tertiary/aromatic N) is 2. The van der Waals surface area contributed by atoms with E-state index in [2.05, 4.69) is 35.3 Å². The molecule has 7 nitrogen and oxygen atoms in total. The number of carbonyl (C=O) groups is 2. The summed E-state index contributed by atoms with van der Waals surface area (Å²) in [7, 11) is 3.15. The lowest BCUT2D eigenvalue weighted by Crippen LogP contribution is -2.37. The van der Waals surface area contributed by atoms with Crippen molar-refractivity contribution >= 4 is 17.5 Å². The maximum Gasteiger partial charge on any atom is 0.227 e. The summed E-state index contributed by atoms with van der Waals surface area (Å²) < 4.78 is 10.7. The number of benzene rings is 2. The van der Waals surface area contributed by atoms with Crippen LogP contribution in [0, 0.1) is 5.92 Å². The van der Waals surface area contributed by atoms with Gasteiger partial charge in [-0.1, -0.05) is 30.7 Å². The smallest absolute Gasteiger partial charge is 0.227 e. The predicted molar refractivity (Wildman–Crippen MR) is 132 cm³/mol. The fraction of sp³-hybridized carbons (Fsp3) is 0.481. The van der Waals surface area contributed by atoms with Crippen molar-refractivity contribution < 1.29 is 19.1 Å². The third kappa shape index (κ3) is 5.36. The van der Waals surface area contributed by atoms with E-state index in [0.29, 0.717) is 36.3 Å². The van der Waals surface area contributed by atoms with E-state index < -0.39 is 5.92 Å². The average Bonchev–Trinajstić information content (AvgIpc) is 3.25. The highest BCUT2D eigenvalue weighted by molar-refractivity contribution is 6.01. The normalized spacial score (nSPS) is 20.9. The van der Waals surface area contributed by atoms with Gasteiger partial charge in [0.05, 0.1) is 25.8 Å². The Morgan fingerprint density at radius 1 is 1.09 bits per heavy atom. The second kappa shape index (κ2) is 10.9. The topological polar surface area (TPSA) is 71.1 Å².